The van der Waals surface area contributed by atoms with E-state index >= 15 is 0 Å². The molecule has 12 heterocycles. The first kappa shape index (κ1) is 83.2. The molecule has 0 radical (unpaired) electrons. The standard InChI is InChI=1S/C23H17ClFNOS.C22H16BrNO.C22H16ClFN2OS.C22H16ClNO.C21H13BrClNO/c1-12-8-16(25)22-18-11-14-10-15(24)4-5-17(14)26(18)23(27-19(22)9-12)21-7-6-20(28-21)13-2-3-13;1-14-7-9-18-20-13-16-12-17(23)8-10-19(16)24(20)22(25-21(18)11-14)15-5-3-2-4-6-15;1-11-6-15(24)20-17-9-13-8-14(23)4-5-16(13)26(17)22(27-18(20)7-11)19-10-25-21(28-19)12-2-3-12;1-14-7-9-18-20-13-16-12-17(23)8-10-19(16)24(20)22(25-21(18)11-14)15-5-3-2-4-6-15;22-15-6-8-17-19-11-14-10-16(23)7-9-18(14)24(19)21(25-20(17)12-15)13-4-2-1-3-5-13/h4-11,13,23H,2-3H2,1H3;2-13,22H,1H3;4-10,12,22H,2-3H2,1H3;2-13,22H,1H3;1-12,21H/t23-;3*22-;21-/m00000/s1. The quantitative estimate of drug-likeness (QED) is 0.158. The van der Waals surface area contributed by atoms with E-state index in [1.165, 1.54) is 63.3 Å². The second-order valence-corrected chi connectivity index (χ2v) is 40.2. The van der Waals surface area contributed by atoms with Crippen LogP contribution in [0.1, 0.15) is 127 Å². The highest BCUT2D eigenvalue weighted by molar-refractivity contribution is 9.10. The van der Waals surface area contributed by atoms with Crippen molar-refractivity contribution < 1.29 is 32.5 Å². The van der Waals surface area contributed by atoms with Crippen LogP contribution in [0.2, 0.25) is 20.1 Å². The number of fused-ring (bicyclic) bond motifs is 25. The van der Waals surface area contributed by atoms with Crippen molar-refractivity contribution in [2.45, 2.75) is 96.4 Å². The van der Waals surface area contributed by atoms with Gasteiger partial charge in [-0.1, -0.05) is 181 Å². The number of aromatic nitrogens is 6. The Labute approximate surface area is 799 Å². The summed E-state index contributed by atoms with van der Waals surface area (Å²) in [5, 5.41) is 9.39. The lowest BCUT2D eigenvalue weighted by Crippen LogP contribution is -2.22. The molecule has 5 atom stereocenters. The fourth-order valence-electron chi connectivity index (χ4n) is 18.9. The maximum atomic E-state index is 14.9. The van der Waals surface area contributed by atoms with Crippen LogP contribution in [0.25, 0.3) is 111 Å². The molecule has 2 saturated carbocycles. The summed E-state index contributed by atoms with van der Waals surface area (Å²) in [5.41, 5.74) is 22.4. The zero-order valence-electron chi connectivity index (χ0n) is 70.9. The lowest BCUT2D eigenvalue weighted by molar-refractivity contribution is 0.173. The summed E-state index contributed by atoms with van der Waals surface area (Å²) < 4.78 is 75.1. The second kappa shape index (κ2) is 33.6. The van der Waals surface area contributed by atoms with E-state index in [2.05, 4.69) is 225 Å². The van der Waals surface area contributed by atoms with Gasteiger partial charge in [-0.05, 0) is 282 Å². The summed E-state index contributed by atoms with van der Waals surface area (Å²) in [5.74, 6) is 4.70. The Kier molecular flexibility index (Phi) is 21.4. The molecule has 21 heteroatoms. The molecule has 27 rings (SSSR count). The molecule has 0 saturated heterocycles. The number of hydrogen-bond acceptors (Lipinski definition) is 8. The van der Waals surface area contributed by atoms with Gasteiger partial charge in [0, 0.05) is 106 Å². The van der Waals surface area contributed by atoms with Gasteiger partial charge in [0.25, 0.3) is 0 Å². The molecule has 7 aromatic heterocycles. The average Bonchev–Trinajstić information content (AvgIpc) is 1.61. The minimum Gasteiger partial charge on any atom is -0.465 e. The molecule has 0 spiro atoms. The first-order valence-electron chi connectivity index (χ1n) is 43.5. The first-order valence-corrected chi connectivity index (χ1v) is 48.2. The zero-order valence-corrected chi connectivity index (χ0v) is 78.7. The molecule has 2 fully saturated rings. The Bertz CT molecular complexity index is 7350. The van der Waals surface area contributed by atoms with E-state index in [0.29, 0.717) is 44.5 Å². The fraction of sp³-hybridized carbons (Fsp3) is 0.136. The van der Waals surface area contributed by atoms with E-state index in [9.17, 15) is 8.78 Å². The topological polar surface area (TPSA) is 83.7 Å². The lowest BCUT2D eigenvalue weighted by Gasteiger charge is -2.30. The minimum absolute atomic E-state index is 0.163. The monoisotopic (exact) mass is 1960 g/mol. The van der Waals surface area contributed by atoms with Crippen LogP contribution in [-0.2, 0) is 0 Å². The van der Waals surface area contributed by atoms with Crippen molar-refractivity contribution in [3.63, 3.8) is 0 Å². The van der Waals surface area contributed by atoms with Crippen molar-refractivity contribution in [2.75, 3.05) is 0 Å². The van der Waals surface area contributed by atoms with Crippen molar-refractivity contribution in [2.24, 2.45) is 0 Å². The van der Waals surface area contributed by atoms with E-state index in [-0.39, 0.29) is 42.8 Å². The van der Waals surface area contributed by atoms with Gasteiger partial charge < -0.3 is 37.4 Å². The summed E-state index contributed by atoms with van der Waals surface area (Å²) in [6, 6.07) is 102. The van der Waals surface area contributed by atoms with Crippen LogP contribution in [0.3, 0.4) is 0 Å². The first-order chi connectivity index (χ1) is 63.8. The van der Waals surface area contributed by atoms with Gasteiger partial charge in [0.05, 0.1) is 81.9 Å². The summed E-state index contributed by atoms with van der Waals surface area (Å²) >= 11 is 35.5. The highest BCUT2D eigenvalue weighted by Crippen LogP contribution is 2.55. The number of benzene rings is 13. The average molecular weight is 1970 g/mol. The Balaban J connectivity index is 0.0000000932. The van der Waals surface area contributed by atoms with Gasteiger partial charge in [0.1, 0.15) is 40.4 Å². The third kappa shape index (κ3) is 15.5. The normalized spacial score (nSPS) is 16.6. The summed E-state index contributed by atoms with van der Waals surface area (Å²) in [4.78, 5) is 8.22. The molecule has 13 aromatic carbocycles. The Morgan fingerprint density at radius 2 is 0.641 bits per heavy atom. The van der Waals surface area contributed by atoms with Crippen LogP contribution in [-0.4, -0.2) is 27.8 Å². The number of nitrogens with zero attached hydrogens (tertiary/aromatic N) is 6. The molecule has 20 aromatic rings. The number of aryl methyl sites for hydroxylation is 4. The fourth-order valence-corrected chi connectivity index (χ4v) is 22.6. The smallest absolute Gasteiger partial charge is 0.213 e. The number of rotatable bonds is 7. The highest BCUT2D eigenvalue weighted by atomic mass is 79.9. The zero-order chi connectivity index (χ0) is 88.9. The number of thiazole rings is 1. The SMILES string of the molecule is Cc1cc(F)c2c(c1)O[C@@H](c1ccc(C3CC3)s1)n1c-2cc2cc(Cl)ccc21.Cc1cc(F)c2c(c1)O[C@@H](c1cnc(C3CC3)s1)n1c-2cc2cc(Cl)ccc21.Cc1ccc2c(c1)O[C@@H](c1ccccc1)n1c-2cc2cc(Br)ccc21.Cc1ccc2c(c1)O[C@@H](c1ccccc1)n1c-2cc2cc(Cl)ccc21.Clc1ccc2c(c1)cc1n2[C@H](c2ccccc2)Oc2cc(Br)ccc2-1. The second-order valence-electron chi connectivity index (χ2n) is 34.4. The maximum Gasteiger partial charge on any atom is 0.213 e. The molecule has 0 bridgehead atoms. The van der Waals surface area contributed by atoms with Crippen LogP contribution < -0.4 is 23.7 Å². The molecule has 0 N–H and O–H groups in total. The molecular formula is C110H78Br2Cl4F2N6O5S2. The summed E-state index contributed by atoms with van der Waals surface area (Å²) in [7, 11) is 0. The summed E-state index contributed by atoms with van der Waals surface area (Å²) in [6.45, 7) is 7.96. The molecule has 131 heavy (non-hydrogen) atoms. The van der Waals surface area contributed by atoms with E-state index in [0.717, 1.165) is 157 Å². The minimum atomic E-state index is -0.368. The maximum absolute atomic E-state index is 14.9. The van der Waals surface area contributed by atoms with E-state index in [1.54, 1.807) is 34.8 Å². The van der Waals surface area contributed by atoms with Crippen LogP contribution >= 0.6 is 101 Å². The lowest BCUT2D eigenvalue weighted by atomic mass is 10.1. The molecule has 7 aliphatic rings. The Morgan fingerprint density at radius 1 is 0.305 bits per heavy atom. The highest BCUT2D eigenvalue weighted by Gasteiger charge is 2.39. The van der Waals surface area contributed by atoms with Gasteiger partial charge in [-0.3, -0.25) is 9.13 Å². The third-order valence-electron chi connectivity index (χ3n) is 25.2. The molecule has 5 aliphatic heterocycles. The van der Waals surface area contributed by atoms with Crippen molar-refractivity contribution in [1.29, 1.82) is 0 Å². The van der Waals surface area contributed by atoms with Crippen molar-refractivity contribution >= 4 is 155 Å². The van der Waals surface area contributed by atoms with Crippen molar-refractivity contribution in [1.82, 2.24) is 27.8 Å². The van der Waals surface area contributed by atoms with E-state index < -0.39 is 0 Å². The van der Waals surface area contributed by atoms with Crippen LogP contribution in [0.5, 0.6) is 28.7 Å². The largest absolute Gasteiger partial charge is 0.465 e. The van der Waals surface area contributed by atoms with Crippen LogP contribution in [0, 0.1) is 39.3 Å². The van der Waals surface area contributed by atoms with Crippen LogP contribution in [0.15, 0.2) is 318 Å². The number of hydrogen-bond donors (Lipinski definition) is 0. The molecule has 11 nitrogen and oxygen atoms in total. The third-order valence-corrected chi connectivity index (χ3v) is 29.6. The van der Waals surface area contributed by atoms with Gasteiger partial charge in [-0.25, -0.2) is 13.8 Å². The van der Waals surface area contributed by atoms with Gasteiger partial charge >= 0.3 is 0 Å². The number of thiophene rings is 1. The van der Waals surface area contributed by atoms with E-state index in [4.69, 9.17) is 70.1 Å². The number of ether oxygens (including phenoxy) is 5. The Hall–Kier alpha value is -12.1. The van der Waals surface area contributed by atoms with Crippen molar-refractivity contribution in [3.05, 3.63) is 409 Å². The summed E-state index contributed by atoms with van der Waals surface area (Å²) in [6.07, 6.45) is 5.64. The van der Waals surface area contributed by atoms with Gasteiger partial charge in [-0.2, -0.15) is 0 Å². The van der Waals surface area contributed by atoms with Crippen LogP contribution in [0.4, 0.5) is 8.78 Å². The van der Waals surface area contributed by atoms with Gasteiger partial charge in [-0.15, -0.1) is 22.7 Å². The molecule has 2 aliphatic carbocycles. The van der Waals surface area contributed by atoms with Gasteiger partial charge in [0.15, 0.2) is 0 Å². The number of halogens is 8. The molecule has 0 amide bonds. The molecular weight excluding hydrogens is 1890 g/mol. The molecule has 0 unspecified atom stereocenters. The molecule has 646 valence electrons. The predicted molar refractivity (Wildman–Crippen MR) is 535 cm³/mol. The van der Waals surface area contributed by atoms with Crippen molar-refractivity contribution in [3.8, 4) is 85.0 Å². The van der Waals surface area contributed by atoms with E-state index in [1.807, 2.05) is 160 Å². The van der Waals surface area contributed by atoms with Gasteiger partial charge in [0.2, 0.25) is 31.1 Å². The Morgan fingerprint density at radius 3 is 1.06 bits per heavy atom. The predicted octanol–water partition coefficient (Wildman–Crippen LogP) is 33.2.